The third-order valence-corrected chi connectivity index (χ3v) is 5.75. The van der Waals surface area contributed by atoms with Crippen LogP contribution in [0.25, 0.3) is 32.3 Å². The molecule has 5 aromatic carbocycles. The van der Waals surface area contributed by atoms with Crippen LogP contribution in [0.2, 0.25) is 0 Å². The molecule has 0 amide bonds. The molecule has 0 bridgehead atoms. The van der Waals surface area contributed by atoms with E-state index in [1.165, 1.54) is 49.1 Å². The van der Waals surface area contributed by atoms with Gasteiger partial charge in [0.15, 0.2) is 0 Å². The number of anilines is 1. The minimum atomic E-state index is 1.06. The lowest BCUT2D eigenvalue weighted by atomic mass is 9.90. The zero-order valence-electron chi connectivity index (χ0n) is 15.9. The van der Waals surface area contributed by atoms with Gasteiger partial charge in [-0.2, -0.15) is 0 Å². The molecular weight excluding hydrogens is 326 g/mol. The van der Waals surface area contributed by atoms with Crippen molar-refractivity contribution in [2.75, 3.05) is 19.0 Å². The van der Waals surface area contributed by atoms with Crippen LogP contribution in [0.3, 0.4) is 0 Å². The molecule has 0 heterocycles. The average Bonchev–Trinajstić information content (AvgIpc) is 2.71. The molecule has 0 spiro atoms. The van der Waals surface area contributed by atoms with E-state index in [0.717, 1.165) is 12.8 Å². The first-order chi connectivity index (χ1) is 13.2. The average molecular weight is 349 g/mol. The summed E-state index contributed by atoms with van der Waals surface area (Å²) < 4.78 is 0. The molecule has 132 valence electrons. The van der Waals surface area contributed by atoms with Crippen LogP contribution in [-0.4, -0.2) is 14.1 Å². The van der Waals surface area contributed by atoms with Gasteiger partial charge < -0.3 is 4.90 Å². The third-order valence-electron chi connectivity index (χ3n) is 5.75. The quantitative estimate of drug-likeness (QED) is 0.338. The lowest BCUT2D eigenvalue weighted by molar-refractivity contribution is 0.968. The number of hydrogen-bond acceptors (Lipinski definition) is 1. The van der Waals surface area contributed by atoms with Crippen LogP contribution in [0.5, 0.6) is 0 Å². The number of benzene rings is 5. The van der Waals surface area contributed by atoms with Gasteiger partial charge in [-0.05, 0) is 68.4 Å². The predicted molar refractivity (Wildman–Crippen MR) is 118 cm³/mol. The molecule has 0 aliphatic heterocycles. The van der Waals surface area contributed by atoms with E-state index in [9.17, 15) is 0 Å². The second kappa shape index (κ2) is 6.28. The number of hydrogen-bond donors (Lipinski definition) is 0. The Morgan fingerprint density at radius 2 is 1.22 bits per heavy atom. The summed E-state index contributed by atoms with van der Waals surface area (Å²) in [5.74, 6) is 0. The summed E-state index contributed by atoms with van der Waals surface area (Å²) in [5.41, 5.74) is 4.09. The lowest BCUT2D eigenvalue weighted by Crippen LogP contribution is -2.08. The Hall–Kier alpha value is -3.06. The maximum atomic E-state index is 2.32. The van der Waals surface area contributed by atoms with Crippen molar-refractivity contribution in [2.24, 2.45) is 0 Å². The number of aryl methyl sites for hydroxylation is 2. The van der Waals surface area contributed by atoms with E-state index in [4.69, 9.17) is 0 Å². The van der Waals surface area contributed by atoms with Crippen molar-refractivity contribution >= 4 is 38.0 Å². The summed E-state index contributed by atoms with van der Waals surface area (Å²) in [4.78, 5) is 2.14. The van der Waals surface area contributed by atoms with Gasteiger partial charge in [0.05, 0.1) is 0 Å². The summed E-state index contributed by atoms with van der Waals surface area (Å²) in [5, 5.41) is 8.25. The Bertz CT molecular complexity index is 1220. The van der Waals surface area contributed by atoms with Crippen LogP contribution in [0.15, 0.2) is 78.9 Å². The summed E-state index contributed by atoms with van der Waals surface area (Å²) in [6, 6.07) is 29.2. The highest BCUT2D eigenvalue weighted by Crippen LogP contribution is 2.36. The number of rotatable bonds is 4. The molecule has 0 aliphatic rings. The fraction of sp³-hybridized carbons (Fsp3) is 0.154. The van der Waals surface area contributed by atoms with Crippen molar-refractivity contribution in [2.45, 2.75) is 12.8 Å². The van der Waals surface area contributed by atoms with Crippen molar-refractivity contribution in [3.05, 3.63) is 90.0 Å². The van der Waals surface area contributed by atoms with E-state index in [2.05, 4.69) is 97.9 Å². The normalized spacial score (nSPS) is 11.6. The van der Waals surface area contributed by atoms with Gasteiger partial charge in [-0.1, -0.05) is 66.7 Å². The molecule has 5 rings (SSSR count). The lowest BCUT2D eigenvalue weighted by Gasteiger charge is -2.15. The molecule has 0 saturated carbocycles. The van der Waals surface area contributed by atoms with Crippen LogP contribution >= 0.6 is 0 Å². The van der Waals surface area contributed by atoms with Gasteiger partial charge in [0.2, 0.25) is 0 Å². The first kappa shape index (κ1) is 16.1. The SMILES string of the molecule is CN(C)c1ccc(CCc2ccc3ccc4cccc5ccc2c3c45)cc1. The molecule has 0 radical (unpaired) electrons. The van der Waals surface area contributed by atoms with Crippen LogP contribution in [0, 0.1) is 0 Å². The van der Waals surface area contributed by atoms with Gasteiger partial charge in [-0.15, -0.1) is 0 Å². The van der Waals surface area contributed by atoms with Gasteiger partial charge in [0, 0.05) is 19.8 Å². The van der Waals surface area contributed by atoms with Gasteiger partial charge in [0.1, 0.15) is 0 Å². The second-order valence-corrected chi connectivity index (χ2v) is 7.64. The number of nitrogens with zero attached hydrogens (tertiary/aromatic N) is 1. The van der Waals surface area contributed by atoms with Gasteiger partial charge >= 0.3 is 0 Å². The molecule has 0 N–H and O–H groups in total. The smallest absolute Gasteiger partial charge is 0.0361 e. The van der Waals surface area contributed by atoms with Gasteiger partial charge in [0.25, 0.3) is 0 Å². The summed E-state index contributed by atoms with van der Waals surface area (Å²) in [6.45, 7) is 0. The monoisotopic (exact) mass is 349 g/mol. The Morgan fingerprint density at radius 1 is 0.593 bits per heavy atom. The summed E-state index contributed by atoms with van der Waals surface area (Å²) in [6.07, 6.45) is 2.13. The fourth-order valence-electron chi connectivity index (χ4n) is 4.25. The topological polar surface area (TPSA) is 3.24 Å². The molecule has 1 nitrogen and oxygen atoms in total. The van der Waals surface area contributed by atoms with Crippen LogP contribution in [0.1, 0.15) is 11.1 Å². The van der Waals surface area contributed by atoms with Crippen molar-refractivity contribution in [1.29, 1.82) is 0 Å². The maximum absolute atomic E-state index is 2.32. The molecule has 1 heteroatoms. The standard InChI is InChI=1S/C26H23N/c1-27(2)23-15-7-18(8-16-23)6-9-19-10-11-22-13-12-20-4-3-5-21-14-17-24(19)26(22)25(20)21/h3-5,7-8,10-17H,6,9H2,1-2H3. The molecule has 0 aliphatic carbocycles. The van der Waals surface area contributed by atoms with E-state index in [1.807, 2.05) is 0 Å². The summed E-state index contributed by atoms with van der Waals surface area (Å²) in [7, 11) is 4.17. The highest BCUT2D eigenvalue weighted by atomic mass is 15.1. The molecular formula is C26H23N. The molecule has 27 heavy (non-hydrogen) atoms. The Kier molecular flexibility index (Phi) is 3.75. The molecule has 0 aromatic heterocycles. The van der Waals surface area contributed by atoms with E-state index >= 15 is 0 Å². The minimum absolute atomic E-state index is 1.06. The molecule has 0 saturated heterocycles. The third kappa shape index (κ3) is 2.71. The van der Waals surface area contributed by atoms with Crippen molar-refractivity contribution < 1.29 is 0 Å². The molecule has 5 aromatic rings. The van der Waals surface area contributed by atoms with Crippen molar-refractivity contribution in [3.8, 4) is 0 Å². The first-order valence-electron chi connectivity index (χ1n) is 9.62. The molecule has 0 fully saturated rings. The highest BCUT2D eigenvalue weighted by Gasteiger charge is 2.10. The van der Waals surface area contributed by atoms with E-state index in [1.54, 1.807) is 0 Å². The van der Waals surface area contributed by atoms with Crippen molar-refractivity contribution in [3.63, 3.8) is 0 Å². The van der Waals surface area contributed by atoms with Gasteiger partial charge in [-0.3, -0.25) is 0 Å². The Morgan fingerprint density at radius 3 is 1.93 bits per heavy atom. The second-order valence-electron chi connectivity index (χ2n) is 7.64. The van der Waals surface area contributed by atoms with Crippen molar-refractivity contribution in [1.82, 2.24) is 0 Å². The first-order valence-corrected chi connectivity index (χ1v) is 9.62. The Labute approximate surface area is 160 Å². The highest BCUT2D eigenvalue weighted by molar-refractivity contribution is 6.23. The predicted octanol–water partition coefficient (Wildman–Crippen LogP) is 6.44. The minimum Gasteiger partial charge on any atom is -0.378 e. The zero-order valence-corrected chi connectivity index (χ0v) is 15.9. The van der Waals surface area contributed by atoms with Crippen LogP contribution in [-0.2, 0) is 12.8 Å². The Balaban J connectivity index is 1.55. The van der Waals surface area contributed by atoms with E-state index in [0.29, 0.717) is 0 Å². The van der Waals surface area contributed by atoms with E-state index in [-0.39, 0.29) is 0 Å². The fourth-order valence-corrected chi connectivity index (χ4v) is 4.25. The maximum Gasteiger partial charge on any atom is 0.0361 e. The van der Waals surface area contributed by atoms with Crippen LogP contribution < -0.4 is 4.90 Å². The zero-order chi connectivity index (χ0) is 18.4. The summed E-state index contributed by atoms with van der Waals surface area (Å²) >= 11 is 0. The van der Waals surface area contributed by atoms with Gasteiger partial charge in [-0.25, -0.2) is 0 Å². The molecule has 0 unspecified atom stereocenters. The molecule has 0 atom stereocenters. The largest absolute Gasteiger partial charge is 0.378 e. The van der Waals surface area contributed by atoms with Crippen LogP contribution in [0.4, 0.5) is 5.69 Å². The van der Waals surface area contributed by atoms with E-state index < -0.39 is 0 Å².